The molecular weight excluding hydrogens is 448 g/mol. The van der Waals surface area contributed by atoms with E-state index in [9.17, 15) is 10.1 Å². The molecule has 180 valence electrons. The standard InChI is InChI=1S/C31H28N2O3/c1-3-35-30-19-23(17-28(20-32)31(34)33-22(2)25-9-5-4-6-10-25)14-16-29(30)36-21-24-13-15-26-11-7-8-12-27(26)18-24/h4-19,22H,3,21H2,1-2H3,(H,33,34)/b28-17-/t22-/m0/s1. The van der Waals surface area contributed by atoms with Crippen molar-refractivity contribution in [2.45, 2.75) is 26.5 Å². The summed E-state index contributed by atoms with van der Waals surface area (Å²) >= 11 is 0. The Bertz CT molecular complexity index is 1420. The molecule has 0 radical (unpaired) electrons. The van der Waals surface area contributed by atoms with Gasteiger partial charge in [-0.25, -0.2) is 0 Å². The first kappa shape index (κ1) is 24.6. The third-order valence-electron chi connectivity index (χ3n) is 5.80. The topological polar surface area (TPSA) is 71.3 Å². The van der Waals surface area contributed by atoms with Crippen LogP contribution < -0.4 is 14.8 Å². The van der Waals surface area contributed by atoms with Crippen molar-refractivity contribution in [2.75, 3.05) is 6.61 Å². The fourth-order valence-corrected chi connectivity index (χ4v) is 3.91. The third kappa shape index (κ3) is 6.11. The second-order valence-corrected chi connectivity index (χ2v) is 8.39. The molecule has 4 rings (SSSR count). The van der Waals surface area contributed by atoms with Crippen LogP contribution in [0.1, 0.15) is 36.6 Å². The molecule has 1 N–H and O–H groups in total. The summed E-state index contributed by atoms with van der Waals surface area (Å²) in [4.78, 5) is 12.7. The number of amides is 1. The van der Waals surface area contributed by atoms with Gasteiger partial charge in [0.2, 0.25) is 0 Å². The van der Waals surface area contributed by atoms with Crippen LogP contribution in [0.15, 0.2) is 96.6 Å². The lowest BCUT2D eigenvalue weighted by Gasteiger charge is -2.14. The first-order valence-electron chi connectivity index (χ1n) is 11.9. The van der Waals surface area contributed by atoms with E-state index in [-0.39, 0.29) is 11.6 Å². The Morgan fingerprint density at radius 1 is 0.917 bits per heavy atom. The van der Waals surface area contributed by atoms with E-state index in [4.69, 9.17) is 9.47 Å². The SMILES string of the molecule is CCOc1cc(/C=C(/C#N)C(=O)N[C@@H](C)c2ccccc2)ccc1OCc1ccc2ccccc2c1. The smallest absolute Gasteiger partial charge is 0.262 e. The van der Waals surface area contributed by atoms with Crippen LogP contribution in [-0.2, 0) is 11.4 Å². The second kappa shape index (κ2) is 11.7. The fourth-order valence-electron chi connectivity index (χ4n) is 3.91. The van der Waals surface area contributed by atoms with E-state index < -0.39 is 5.91 Å². The summed E-state index contributed by atoms with van der Waals surface area (Å²) in [7, 11) is 0. The van der Waals surface area contributed by atoms with Crippen molar-refractivity contribution in [2.24, 2.45) is 0 Å². The molecule has 0 fully saturated rings. The molecule has 0 spiro atoms. The van der Waals surface area contributed by atoms with Crippen LogP contribution in [0, 0.1) is 11.3 Å². The molecule has 0 aromatic heterocycles. The molecule has 5 nitrogen and oxygen atoms in total. The number of rotatable bonds is 9. The number of benzene rings is 4. The zero-order valence-corrected chi connectivity index (χ0v) is 20.4. The summed E-state index contributed by atoms with van der Waals surface area (Å²) in [5, 5.41) is 14.8. The molecule has 0 aliphatic heterocycles. The normalized spacial score (nSPS) is 12.0. The molecule has 36 heavy (non-hydrogen) atoms. The van der Waals surface area contributed by atoms with Crippen LogP contribution in [0.4, 0.5) is 0 Å². The maximum Gasteiger partial charge on any atom is 0.262 e. The van der Waals surface area contributed by atoms with Gasteiger partial charge in [-0.05, 0) is 65.6 Å². The quantitative estimate of drug-likeness (QED) is 0.218. The molecule has 0 heterocycles. The molecule has 5 heteroatoms. The van der Waals surface area contributed by atoms with E-state index in [1.807, 2.05) is 74.5 Å². The van der Waals surface area contributed by atoms with Crippen LogP contribution in [-0.4, -0.2) is 12.5 Å². The van der Waals surface area contributed by atoms with E-state index in [0.29, 0.717) is 30.3 Å². The summed E-state index contributed by atoms with van der Waals surface area (Å²) in [6, 6.07) is 31.2. The molecule has 0 aliphatic rings. The maximum atomic E-state index is 12.7. The summed E-state index contributed by atoms with van der Waals surface area (Å²) in [6.45, 7) is 4.63. The van der Waals surface area contributed by atoms with Crippen molar-refractivity contribution in [3.8, 4) is 17.6 Å². The summed E-state index contributed by atoms with van der Waals surface area (Å²) in [5.41, 5.74) is 2.71. The van der Waals surface area contributed by atoms with E-state index in [2.05, 4.69) is 29.6 Å². The monoisotopic (exact) mass is 476 g/mol. The largest absolute Gasteiger partial charge is 0.490 e. The molecule has 0 saturated carbocycles. The minimum absolute atomic E-state index is 0.0186. The van der Waals surface area contributed by atoms with Crippen LogP contribution in [0.3, 0.4) is 0 Å². The van der Waals surface area contributed by atoms with Crippen LogP contribution in [0.25, 0.3) is 16.8 Å². The van der Waals surface area contributed by atoms with Crippen LogP contribution >= 0.6 is 0 Å². The Morgan fingerprint density at radius 2 is 1.67 bits per heavy atom. The highest BCUT2D eigenvalue weighted by Crippen LogP contribution is 2.30. The molecule has 1 amide bonds. The molecule has 0 unspecified atom stereocenters. The molecule has 0 bridgehead atoms. The Morgan fingerprint density at radius 3 is 2.42 bits per heavy atom. The zero-order valence-electron chi connectivity index (χ0n) is 20.4. The average Bonchev–Trinajstić information content (AvgIpc) is 2.91. The predicted molar refractivity (Wildman–Crippen MR) is 142 cm³/mol. The molecule has 4 aromatic rings. The lowest BCUT2D eigenvalue weighted by Crippen LogP contribution is -2.27. The number of nitriles is 1. The lowest BCUT2D eigenvalue weighted by molar-refractivity contribution is -0.117. The maximum absolute atomic E-state index is 12.7. The predicted octanol–water partition coefficient (Wildman–Crippen LogP) is 6.60. The zero-order chi connectivity index (χ0) is 25.3. The second-order valence-electron chi connectivity index (χ2n) is 8.39. The highest BCUT2D eigenvalue weighted by Gasteiger charge is 2.14. The number of ether oxygens (including phenoxy) is 2. The van der Waals surface area contributed by atoms with Gasteiger partial charge in [-0.1, -0.05) is 72.8 Å². The minimum Gasteiger partial charge on any atom is -0.490 e. The third-order valence-corrected chi connectivity index (χ3v) is 5.80. The van der Waals surface area contributed by atoms with Gasteiger partial charge >= 0.3 is 0 Å². The van der Waals surface area contributed by atoms with Gasteiger partial charge in [-0.3, -0.25) is 4.79 Å². The van der Waals surface area contributed by atoms with Crippen molar-refractivity contribution < 1.29 is 14.3 Å². The van der Waals surface area contributed by atoms with Crippen molar-refractivity contribution in [3.05, 3.63) is 113 Å². The number of carbonyl (C=O) groups is 1. The lowest BCUT2D eigenvalue weighted by atomic mass is 10.1. The summed E-state index contributed by atoms with van der Waals surface area (Å²) < 4.78 is 11.9. The van der Waals surface area contributed by atoms with Gasteiger partial charge in [-0.2, -0.15) is 5.26 Å². The van der Waals surface area contributed by atoms with Crippen molar-refractivity contribution >= 4 is 22.8 Å². The van der Waals surface area contributed by atoms with Gasteiger partial charge < -0.3 is 14.8 Å². The highest BCUT2D eigenvalue weighted by molar-refractivity contribution is 6.01. The van der Waals surface area contributed by atoms with Gasteiger partial charge in [0.1, 0.15) is 18.2 Å². The van der Waals surface area contributed by atoms with Gasteiger partial charge in [0.15, 0.2) is 11.5 Å². The number of fused-ring (bicyclic) bond motifs is 1. The number of nitrogens with one attached hydrogen (secondary N) is 1. The number of hydrogen-bond acceptors (Lipinski definition) is 4. The fraction of sp³-hybridized carbons (Fsp3) is 0.161. The number of carbonyl (C=O) groups excluding carboxylic acids is 1. The summed E-state index contributed by atoms with van der Waals surface area (Å²) in [6.07, 6.45) is 1.56. The van der Waals surface area contributed by atoms with E-state index in [1.54, 1.807) is 18.2 Å². The Hall–Kier alpha value is -4.56. The van der Waals surface area contributed by atoms with Crippen LogP contribution in [0.5, 0.6) is 11.5 Å². The first-order valence-corrected chi connectivity index (χ1v) is 11.9. The molecule has 0 aliphatic carbocycles. The van der Waals surface area contributed by atoms with Gasteiger partial charge in [0.05, 0.1) is 12.6 Å². The van der Waals surface area contributed by atoms with Crippen molar-refractivity contribution in [1.29, 1.82) is 5.26 Å². The molecule has 4 aromatic carbocycles. The molecule has 0 saturated heterocycles. The number of hydrogen-bond donors (Lipinski definition) is 1. The van der Waals surface area contributed by atoms with Gasteiger partial charge in [0.25, 0.3) is 5.91 Å². The number of nitrogens with zero attached hydrogens (tertiary/aromatic N) is 1. The average molecular weight is 477 g/mol. The molecule has 1 atom stereocenters. The van der Waals surface area contributed by atoms with E-state index >= 15 is 0 Å². The van der Waals surface area contributed by atoms with Crippen molar-refractivity contribution in [3.63, 3.8) is 0 Å². The summed E-state index contributed by atoms with van der Waals surface area (Å²) in [5.74, 6) is 0.730. The minimum atomic E-state index is -0.427. The van der Waals surface area contributed by atoms with Crippen molar-refractivity contribution in [1.82, 2.24) is 5.32 Å². The Balaban J connectivity index is 1.49. The molecular formula is C31H28N2O3. The van der Waals surface area contributed by atoms with E-state index in [1.165, 1.54) is 5.39 Å². The highest BCUT2D eigenvalue weighted by atomic mass is 16.5. The van der Waals surface area contributed by atoms with E-state index in [0.717, 1.165) is 16.5 Å². The Labute approximate surface area is 211 Å². The van der Waals surface area contributed by atoms with Crippen LogP contribution in [0.2, 0.25) is 0 Å². The first-order chi connectivity index (χ1) is 17.6. The Kier molecular flexibility index (Phi) is 8.00. The van der Waals surface area contributed by atoms with Gasteiger partial charge in [0, 0.05) is 0 Å². The van der Waals surface area contributed by atoms with Gasteiger partial charge in [-0.15, -0.1) is 0 Å².